The predicted octanol–water partition coefficient (Wildman–Crippen LogP) is 3.48. The van der Waals surface area contributed by atoms with Gasteiger partial charge in [-0.2, -0.15) is 5.10 Å². The van der Waals surface area contributed by atoms with E-state index in [9.17, 15) is 9.18 Å². The second-order valence-electron chi connectivity index (χ2n) is 8.54. The predicted molar refractivity (Wildman–Crippen MR) is 119 cm³/mol. The van der Waals surface area contributed by atoms with Crippen molar-refractivity contribution in [1.82, 2.24) is 29.5 Å². The largest absolute Gasteiger partial charge is 0.336 e. The van der Waals surface area contributed by atoms with Crippen LogP contribution >= 0.6 is 0 Å². The molecule has 7 nitrogen and oxygen atoms in total. The van der Waals surface area contributed by atoms with Crippen LogP contribution in [-0.2, 0) is 0 Å². The molecule has 0 atom stereocenters. The third kappa shape index (κ3) is 3.90. The van der Waals surface area contributed by atoms with Crippen molar-refractivity contribution < 1.29 is 9.18 Å². The Bertz CT molecular complexity index is 1120. The van der Waals surface area contributed by atoms with Gasteiger partial charge in [-0.25, -0.2) is 19.0 Å². The second kappa shape index (κ2) is 8.78. The number of hydrogen-bond acceptors (Lipinski definition) is 5. The monoisotopic (exact) mass is 434 g/mol. The molecular weight excluding hydrogens is 407 g/mol. The molecule has 3 heterocycles. The lowest BCUT2D eigenvalue weighted by atomic mass is 10.1. The van der Waals surface area contributed by atoms with Crippen LogP contribution in [0.15, 0.2) is 42.7 Å². The van der Waals surface area contributed by atoms with Gasteiger partial charge in [0.2, 0.25) is 0 Å². The van der Waals surface area contributed by atoms with Crippen LogP contribution in [0.3, 0.4) is 0 Å². The third-order valence-electron chi connectivity index (χ3n) is 6.66. The molecule has 0 bridgehead atoms. The third-order valence-corrected chi connectivity index (χ3v) is 6.66. The lowest BCUT2D eigenvalue weighted by molar-refractivity contribution is 0.0572. The molecule has 1 aliphatic heterocycles. The Morgan fingerprint density at radius 2 is 1.81 bits per heavy atom. The zero-order valence-corrected chi connectivity index (χ0v) is 18.2. The maximum atomic E-state index is 14.2. The topological polar surface area (TPSA) is 67.2 Å². The first-order chi connectivity index (χ1) is 15.6. The van der Waals surface area contributed by atoms with Crippen LogP contribution in [0.1, 0.15) is 41.7 Å². The van der Waals surface area contributed by atoms with Gasteiger partial charge in [0.1, 0.15) is 5.82 Å². The van der Waals surface area contributed by atoms with E-state index >= 15 is 0 Å². The minimum Gasteiger partial charge on any atom is -0.336 e. The molecule has 1 saturated heterocycles. The normalized spacial score (nSPS) is 17.8. The van der Waals surface area contributed by atoms with Gasteiger partial charge in [-0.1, -0.05) is 25.0 Å². The summed E-state index contributed by atoms with van der Waals surface area (Å²) in [5.41, 5.74) is 2.11. The Morgan fingerprint density at radius 1 is 1.06 bits per heavy atom. The van der Waals surface area contributed by atoms with E-state index in [-0.39, 0.29) is 11.7 Å². The van der Waals surface area contributed by atoms with Crippen LogP contribution in [0.5, 0.6) is 0 Å². The number of nitrogens with zero attached hydrogens (tertiary/aromatic N) is 6. The van der Waals surface area contributed by atoms with Gasteiger partial charge in [-0.15, -0.1) is 0 Å². The van der Waals surface area contributed by atoms with E-state index in [2.05, 4.69) is 20.0 Å². The number of halogens is 1. The summed E-state index contributed by atoms with van der Waals surface area (Å²) in [6.07, 6.45) is 8.37. The summed E-state index contributed by atoms with van der Waals surface area (Å²) in [5.74, 6) is -0.0413. The molecule has 0 radical (unpaired) electrons. The van der Waals surface area contributed by atoms with Crippen LogP contribution < -0.4 is 0 Å². The standard InChI is InChI=1S/C24H27FN6O/c1-17-20(23(32)30-14-12-29(13-15-30)18-6-2-3-7-18)16-27-31(17)24-26-11-10-22(28-24)19-8-4-5-9-21(19)25/h4-5,8-11,16,18H,2-3,6-7,12-15H2,1H3. The average molecular weight is 435 g/mol. The summed E-state index contributed by atoms with van der Waals surface area (Å²) in [7, 11) is 0. The highest BCUT2D eigenvalue weighted by Gasteiger charge is 2.29. The summed E-state index contributed by atoms with van der Waals surface area (Å²) < 4.78 is 15.7. The van der Waals surface area contributed by atoms with Crippen molar-refractivity contribution in [2.75, 3.05) is 26.2 Å². The molecule has 2 fully saturated rings. The molecule has 0 N–H and O–H groups in total. The summed E-state index contributed by atoms with van der Waals surface area (Å²) in [6.45, 7) is 5.17. The molecule has 1 amide bonds. The van der Waals surface area contributed by atoms with Gasteiger partial charge < -0.3 is 4.90 Å². The number of rotatable bonds is 4. The van der Waals surface area contributed by atoms with Crippen LogP contribution in [-0.4, -0.2) is 67.7 Å². The van der Waals surface area contributed by atoms with Gasteiger partial charge in [-0.05, 0) is 38.0 Å². The van der Waals surface area contributed by atoms with Crippen molar-refractivity contribution in [3.63, 3.8) is 0 Å². The van der Waals surface area contributed by atoms with E-state index in [0.29, 0.717) is 34.5 Å². The smallest absolute Gasteiger partial charge is 0.257 e. The Morgan fingerprint density at radius 3 is 2.56 bits per heavy atom. The van der Waals surface area contributed by atoms with Gasteiger partial charge in [0, 0.05) is 44.0 Å². The number of benzene rings is 1. The van der Waals surface area contributed by atoms with Crippen molar-refractivity contribution >= 4 is 5.91 Å². The minimum absolute atomic E-state index is 0.00918. The Hall–Kier alpha value is -3.13. The summed E-state index contributed by atoms with van der Waals surface area (Å²) in [5, 5.41) is 4.38. The van der Waals surface area contributed by atoms with E-state index in [1.54, 1.807) is 41.3 Å². The van der Waals surface area contributed by atoms with Gasteiger partial charge in [0.05, 0.1) is 23.1 Å². The molecule has 5 rings (SSSR count). The number of hydrogen-bond donors (Lipinski definition) is 0. The molecule has 0 spiro atoms. The molecule has 166 valence electrons. The number of carbonyl (C=O) groups excluding carboxylic acids is 1. The SMILES string of the molecule is Cc1c(C(=O)N2CCN(C3CCCC3)CC2)cnn1-c1nccc(-c2ccccc2F)n1. The Labute approximate surface area is 186 Å². The molecular formula is C24H27FN6O. The van der Waals surface area contributed by atoms with E-state index in [1.807, 2.05) is 11.8 Å². The number of amides is 1. The van der Waals surface area contributed by atoms with Crippen molar-refractivity contribution in [2.24, 2.45) is 0 Å². The van der Waals surface area contributed by atoms with Crippen molar-refractivity contribution in [2.45, 2.75) is 38.6 Å². The fraction of sp³-hybridized carbons (Fsp3) is 0.417. The molecule has 32 heavy (non-hydrogen) atoms. The molecule has 8 heteroatoms. The van der Waals surface area contributed by atoms with E-state index in [0.717, 1.165) is 26.2 Å². The molecule has 3 aromatic rings. The highest BCUT2D eigenvalue weighted by atomic mass is 19.1. The first kappa shape index (κ1) is 20.8. The average Bonchev–Trinajstić information content (AvgIpc) is 3.49. The summed E-state index contributed by atoms with van der Waals surface area (Å²) in [4.78, 5) is 26.4. The van der Waals surface area contributed by atoms with Gasteiger partial charge in [0.25, 0.3) is 11.9 Å². The van der Waals surface area contributed by atoms with Crippen molar-refractivity contribution in [1.29, 1.82) is 0 Å². The van der Waals surface area contributed by atoms with Gasteiger partial charge in [0.15, 0.2) is 0 Å². The van der Waals surface area contributed by atoms with Crippen LogP contribution in [0.25, 0.3) is 17.2 Å². The minimum atomic E-state index is -0.345. The Kier molecular flexibility index (Phi) is 5.70. The maximum Gasteiger partial charge on any atom is 0.257 e. The second-order valence-corrected chi connectivity index (χ2v) is 8.54. The van der Waals surface area contributed by atoms with Crippen LogP contribution in [0.4, 0.5) is 4.39 Å². The lowest BCUT2D eigenvalue weighted by Crippen LogP contribution is -2.51. The maximum absolute atomic E-state index is 14.2. The quantitative estimate of drug-likeness (QED) is 0.629. The zero-order valence-electron chi connectivity index (χ0n) is 18.2. The highest BCUT2D eigenvalue weighted by Crippen LogP contribution is 2.25. The fourth-order valence-corrected chi connectivity index (χ4v) is 4.82. The molecule has 1 saturated carbocycles. The van der Waals surface area contributed by atoms with E-state index in [4.69, 9.17) is 0 Å². The van der Waals surface area contributed by atoms with Gasteiger partial charge >= 0.3 is 0 Å². The van der Waals surface area contributed by atoms with E-state index < -0.39 is 0 Å². The van der Waals surface area contributed by atoms with E-state index in [1.165, 1.54) is 31.7 Å². The van der Waals surface area contributed by atoms with Crippen LogP contribution in [0, 0.1) is 12.7 Å². The molecule has 2 aromatic heterocycles. The highest BCUT2D eigenvalue weighted by molar-refractivity contribution is 5.95. The molecule has 1 aromatic carbocycles. The molecule has 2 aliphatic rings. The van der Waals surface area contributed by atoms with Crippen molar-refractivity contribution in [3.05, 3.63) is 59.8 Å². The first-order valence-corrected chi connectivity index (χ1v) is 11.3. The molecule has 1 aliphatic carbocycles. The fourth-order valence-electron chi connectivity index (χ4n) is 4.82. The summed E-state index contributed by atoms with van der Waals surface area (Å²) >= 11 is 0. The number of piperazine rings is 1. The number of carbonyl (C=O) groups is 1. The zero-order chi connectivity index (χ0) is 22.1. The first-order valence-electron chi connectivity index (χ1n) is 11.3. The molecule has 0 unspecified atom stereocenters. The Balaban J connectivity index is 1.33. The van der Waals surface area contributed by atoms with Gasteiger partial charge in [-0.3, -0.25) is 9.69 Å². The van der Waals surface area contributed by atoms with Crippen molar-refractivity contribution in [3.8, 4) is 17.2 Å². The number of aromatic nitrogens is 4. The lowest BCUT2D eigenvalue weighted by Gasteiger charge is -2.38. The van der Waals surface area contributed by atoms with Crippen LogP contribution in [0.2, 0.25) is 0 Å². The summed E-state index contributed by atoms with van der Waals surface area (Å²) in [6, 6.07) is 8.84.